The Morgan fingerprint density at radius 3 is 1.62 bits per heavy atom. The number of nitrogens with one attached hydrogen (secondary N) is 1. The Labute approximate surface area is 215 Å². The molecular formula is C24H35NO12. The van der Waals surface area contributed by atoms with Crippen molar-refractivity contribution in [3.8, 4) is 0 Å². The zero-order valence-corrected chi connectivity index (χ0v) is 20.7. The van der Waals surface area contributed by atoms with Gasteiger partial charge in [-0.25, -0.2) is 9.59 Å². The number of ketones is 1. The predicted octanol–water partition coefficient (Wildman–Crippen LogP) is -0.287. The first kappa shape index (κ1) is 32.1. The molecule has 13 nitrogen and oxygen atoms in total. The minimum absolute atomic E-state index is 0.0201. The van der Waals surface area contributed by atoms with Crippen LogP contribution in [0.3, 0.4) is 0 Å². The number of benzene rings is 1. The van der Waals surface area contributed by atoms with Gasteiger partial charge < -0.3 is 43.6 Å². The molecule has 0 aliphatic heterocycles. The quantitative estimate of drug-likeness (QED) is 0.0779. The zero-order chi connectivity index (χ0) is 27.0. The number of ether oxygens (including phenoxy) is 7. The summed E-state index contributed by atoms with van der Waals surface area (Å²) in [6.07, 6.45) is 0. The molecule has 0 aromatic heterocycles. The third-order valence-electron chi connectivity index (χ3n) is 4.20. The fourth-order valence-corrected chi connectivity index (χ4v) is 2.49. The molecule has 1 amide bonds. The Kier molecular flexibility index (Phi) is 19.3. The molecule has 208 valence electrons. The van der Waals surface area contributed by atoms with Crippen LogP contribution in [0.1, 0.15) is 10.4 Å². The highest BCUT2D eigenvalue weighted by Crippen LogP contribution is 2.01. The van der Waals surface area contributed by atoms with E-state index >= 15 is 0 Å². The molecule has 0 bridgehead atoms. The van der Waals surface area contributed by atoms with Crippen molar-refractivity contribution in [2.45, 2.75) is 0 Å². The molecule has 1 aromatic carbocycles. The van der Waals surface area contributed by atoms with Gasteiger partial charge in [-0.15, -0.1) is 0 Å². The number of carboxylic acid groups (broad SMARTS) is 1. The lowest BCUT2D eigenvalue weighted by Crippen LogP contribution is -2.31. The van der Waals surface area contributed by atoms with Crippen molar-refractivity contribution in [1.82, 2.24) is 5.32 Å². The number of hydrogen-bond acceptors (Lipinski definition) is 11. The molecule has 2 N–H and O–H groups in total. The van der Waals surface area contributed by atoms with E-state index in [2.05, 4.69) is 10.1 Å². The third-order valence-corrected chi connectivity index (χ3v) is 4.20. The van der Waals surface area contributed by atoms with Gasteiger partial charge in [0.1, 0.15) is 19.8 Å². The second-order valence-electron chi connectivity index (χ2n) is 7.13. The summed E-state index contributed by atoms with van der Waals surface area (Å²) in [6.45, 7) is 2.88. The number of amides is 1. The second kappa shape index (κ2) is 22.3. The molecule has 0 aliphatic carbocycles. The molecule has 37 heavy (non-hydrogen) atoms. The SMILES string of the molecule is O=C(O)COCC(=O)NCCOCCOCCOCCOCCOCCOC(=O)C(=O)c1ccccc1. The average molecular weight is 530 g/mol. The Hall–Kier alpha value is -2.94. The fraction of sp³-hybridized carbons (Fsp3) is 0.583. The molecule has 13 heteroatoms. The van der Waals surface area contributed by atoms with Crippen molar-refractivity contribution in [1.29, 1.82) is 0 Å². The molecule has 0 unspecified atom stereocenters. The first-order chi connectivity index (χ1) is 18.0. The molecule has 0 radical (unpaired) electrons. The smallest absolute Gasteiger partial charge is 0.379 e. The summed E-state index contributed by atoms with van der Waals surface area (Å²) >= 11 is 0. The molecule has 0 spiro atoms. The maximum atomic E-state index is 11.8. The molecule has 0 fully saturated rings. The highest BCUT2D eigenvalue weighted by molar-refractivity contribution is 6.40. The second-order valence-corrected chi connectivity index (χ2v) is 7.13. The van der Waals surface area contributed by atoms with E-state index in [4.69, 9.17) is 33.5 Å². The number of carbonyl (C=O) groups excluding carboxylic acids is 3. The van der Waals surface area contributed by atoms with Gasteiger partial charge in [0.05, 0.1) is 66.1 Å². The summed E-state index contributed by atoms with van der Waals surface area (Å²) in [5, 5.41) is 10.9. The molecule has 0 saturated heterocycles. The van der Waals surface area contributed by atoms with Gasteiger partial charge in [0.15, 0.2) is 0 Å². The Bertz CT molecular complexity index is 774. The third kappa shape index (κ3) is 18.9. The summed E-state index contributed by atoms with van der Waals surface area (Å²) in [6, 6.07) is 8.19. The van der Waals surface area contributed by atoms with Gasteiger partial charge in [0.2, 0.25) is 5.91 Å². The molecule has 0 atom stereocenters. The highest BCUT2D eigenvalue weighted by atomic mass is 16.6. The van der Waals surface area contributed by atoms with Crippen molar-refractivity contribution in [3.63, 3.8) is 0 Å². The Balaban J connectivity index is 1.76. The lowest BCUT2D eigenvalue weighted by atomic mass is 10.1. The highest BCUT2D eigenvalue weighted by Gasteiger charge is 2.17. The van der Waals surface area contributed by atoms with Gasteiger partial charge in [0, 0.05) is 12.1 Å². The first-order valence-corrected chi connectivity index (χ1v) is 11.7. The van der Waals surface area contributed by atoms with Crippen LogP contribution < -0.4 is 5.32 Å². The summed E-state index contributed by atoms with van der Waals surface area (Å²) in [7, 11) is 0. The topological polar surface area (TPSA) is 165 Å². The normalized spacial score (nSPS) is 10.7. The Morgan fingerprint density at radius 2 is 1.11 bits per heavy atom. The minimum atomic E-state index is -1.13. The van der Waals surface area contributed by atoms with Crippen LogP contribution in [-0.4, -0.2) is 121 Å². The number of carbonyl (C=O) groups is 4. The number of esters is 1. The van der Waals surface area contributed by atoms with Gasteiger partial charge in [-0.2, -0.15) is 0 Å². The van der Waals surface area contributed by atoms with Crippen LogP contribution in [0.5, 0.6) is 0 Å². The summed E-state index contributed by atoms with van der Waals surface area (Å²) < 4.78 is 36.2. The largest absolute Gasteiger partial charge is 0.480 e. The van der Waals surface area contributed by atoms with Gasteiger partial charge in [-0.05, 0) is 0 Å². The molecule has 1 rings (SSSR count). The number of aliphatic carboxylic acids is 1. The first-order valence-electron chi connectivity index (χ1n) is 11.7. The van der Waals surface area contributed by atoms with E-state index < -0.39 is 30.2 Å². The van der Waals surface area contributed by atoms with E-state index in [1.807, 2.05) is 0 Å². The number of carboxylic acids is 1. The van der Waals surface area contributed by atoms with Crippen LogP contribution in [0.2, 0.25) is 0 Å². The Morgan fingerprint density at radius 1 is 0.622 bits per heavy atom. The average Bonchev–Trinajstić information content (AvgIpc) is 2.89. The van der Waals surface area contributed by atoms with Crippen molar-refractivity contribution >= 4 is 23.6 Å². The fourth-order valence-electron chi connectivity index (χ4n) is 2.49. The van der Waals surface area contributed by atoms with Crippen LogP contribution in [0.15, 0.2) is 30.3 Å². The molecule has 0 heterocycles. The van der Waals surface area contributed by atoms with Crippen LogP contribution in [0, 0.1) is 0 Å². The van der Waals surface area contributed by atoms with E-state index in [0.717, 1.165) is 0 Å². The van der Waals surface area contributed by atoms with Crippen LogP contribution in [0.4, 0.5) is 0 Å². The van der Waals surface area contributed by atoms with E-state index in [1.165, 1.54) is 0 Å². The molecule has 0 saturated carbocycles. The minimum Gasteiger partial charge on any atom is -0.480 e. The molecule has 1 aromatic rings. The molecular weight excluding hydrogens is 494 g/mol. The number of Topliss-reactive ketones (excluding diaryl/α,β-unsaturated/α-hetero) is 1. The van der Waals surface area contributed by atoms with Gasteiger partial charge in [0.25, 0.3) is 5.78 Å². The van der Waals surface area contributed by atoms with E-state index in [0.29, 0.717) is 59.5 Å². The van der Waals surface area contributed by atoms with Crippen LogP contribution >= 0.6 is 0 Å². The van der Waals surface area contributed by atoms with Crippen LogP contribution in [0.25, 0.3) is 0 Å². The maximum absolute atomic E-state index is 11.8. The summed E-state index contributed by atoms with van der Waals surface area (Å²) in [5.74, 6) is -3.15. The van der Waals surface area contributed by atoms with E-state index in [9.17, 15) is 19.2 Å². The lowest BCUT2D eigenvalue weighted by molar-refractivity contribution is -0.143. The number of rotatable bonds is 24. The molecule has 0 aliphatic rings. The van der Waals surface area contributed by atoms with Crippen molar-refractivity contribution in [3.05, 3.63) is 35.9 Å². The van der Waals surface area contributed by atoms with E-state index in [-0.39, 0.29) is 31.9 Å². The van der Waals surface area contributed by atoms with Gasteiger partial charge in [-0.3, -0.25) is 9.59 Å². The van der Waals surface area contributed by atoms with Gasteiger partial charge >= 0.3 is 11.9 Å². The summed E-state index contributed by atoms with van der Waals surface area (Å²) in [4.78, 5) is 45.1. The van der Waals surface area contributed by atoms with Crippen LogP contribution in [-0.2, 0) is 47.5 Å². The van der Waals surface area contributed by atoms with Crippen molar-refractivity contribution in [2.75, 3.05) is 92.4 Å². The van der Waals surface area contributed by atoms with E-state index in [1.54, 1.807) is 30.3 Å². The summed E-state index contributed by atoms with van der Waals surface area (Å²) in [5.41, 5.74) is 0.282. The number of hydrogen-bond donors (Lipinski definition) is 2. The zero-order valence-electron chi connectivity index (χ0n) is 20.7. The van der Waals surface area contributed by atoms with Crippen molar-refractivity contribution in [2.24, 2.45) is 0 Å². The maximum Gasteiger partial charge on any atom is 0.379 e. The van der Waals surface area contributed by atoms with Gasteiger partial charge in [-0.1, -0.05) is 30.3 Å². The monoisotopic (exact) mass is 529 g/mol. The predicted molar refractivity (Wildman–Crippen MR) is 127 cm³/mol. The standard InChI is InChI=1S/C24H35NO12/c26-21(18-36-19-22(27)28)25-6-7-31-8-9-32-10-11-33-12-13-34-14-15-35-16-17-37-24(30)23(29)20-4-2-1-3-5-20/h1-5H,6-19H2,(H,25,26)(H,27,28). The lowest BCUT2D eigenvalue weighted by Gasteiger charge is -2.08. The van der Waals surface area contributed by atoms with Crippen molar-refractivity contribution < 1.29 is 57.4 Å².